The van der Waals surface area contributed by atoms with E-state index in [1.165, 1.54) is 10.9 Å². The minimum absolute atomic E-state index is 0.105. The van der Waals surface area contributed by atoms with Gasteiger partial charge in [0, 0.05) is 23.9 Å². The van der Waals surface area contributed by atoms with Gasteiger partial charge in [-0.05, 0) is 23.6 Å². The summed E-state index contributed by atoms with van der Waals surface area (Å²) in [4.78, 5) is 18.1. The third-order valence-electron chi connectivity index (χ3n) is 5.09. The molecule has 1 fully saturated rings. The number of para-hydroxylation sites is 1. The van der Waals surface area contributed by atoms with Crippen molar-refractivity contribution in [3.63, 3.8) is 0 Å². The first kappa shape index (κ1) is 13.8. The van der Waals surface area contributed by atoms with Crippen molar-refractivity contribution in [2.75, 3.05) is 6.54 Å². The van der Waals surface area contributed by atoms with Crippen LogP contribution >= 0.6 is 0 Å². The second-order valence-electron chi connectivity index (χ2n) is 6.51. The van der Waals surface area contributed by atoms with Gasteiger partial charge in [-0.25, -0.2) is 0 Å². The van der Waals surface area contributed by atoms with Crippen LogP contribution in [0.4, 0.5) is 0 Å². The highest BCUT2D eigenvalue weighted by Crippen LogP contribution is 2.40. The minimum atomic E-state index is -0.394. The molecule has 0 saturated carbocycles. The molecule has 4 heteroatoms. The van der Waals surface area contributed by atoms with Gasteiger partial charge < -0.3 is 14.6 Å². The third kappa shape index (κ3) is 2.00. The van der Waals surface area contributed by atoms with E-state index in [1.807, 2.05) is 41.3 Å². The van der Waals surface area contributed by atoms with Crippen molar-refractivity contribution in [3.05, 3.63) is 71.4 Å². The lowest BCUT2D eigenvalue weighted by molar-refractivity contribution is -0.130. The topological polar surface area (TPSA) is 45.3 Å². The molecule has 1 aromatic heterocycles. The molecular weight excluding hydrogens is 300 g/mol. The molecule has 1 amide bonds. The number of hydrogen-bond acceptors (Lipinski definition) is 2. The molecule has 120 valence electrons. The number of nitrogens with one attached hydrogen (secondary N) is 1. The molecule has 24 heavy (non-hydrogen) atoms. The fraction of sp³-hybridized carbons (Fsp3) is 0.250. The number of ether oxygens (including phenoxy) is 1. The van der Waals surface area contributed by atoms with Crippen molar-refractivity contribution in [3.8, 4) is 0 Å². The molecule has 3 heterocycles. The van der Waals surface area contributed by atoms with Crippen LogP contribution in [0, 0.1) is 0 Å². The largest absolute Gasteiger partial charge is 0.354 e. The van der Waals surface area contributed by atoms with E-state index in [1.54, 1.807) is 0 Å². The SMILES string of the molecule is O=C1[C@H](Cc2ccccc2)O[C@H]2c3[nH]c4ccccc4c3CCN12. The van der Waals surface area contributed by atoms with Crippen LogP contribution in [0.25, 0.3) is 10.9 Å². The average Bonchev–Trinajstić information content (AvgIpc) is 3.15. The normalized spacial score (nSPS) is 22.7. The number of nitrogens with zero attached hydrogens (tertiary/aromatic N) is 1. The molecule has 0 aliphatic carbocycles. The van der Waals surface area contributed by atoms with E-state index in [0.717, 1.165) is 29.7 Å². The number of aromatic nitrogens is 1. The Morgan fingerprint density at radius 3 is 2.75 bits per heavy atom. The number of amides is 1. The first-order chi connectivity index (χ1) is 11.8. The molecule has 4 nitrogen and oxygen atoms in total. The fourth-order valence-electron chi connectivity index (χ4n) is 3.94. The van der Waals surface area contributed by atoms with Crippen LogP contribution in [-0.2, 0) is 22.4 Å². The highest BCUT2D eigenvalue weighted by atomic mass is 16.5. The molecule has 1 N–H and O–H groups in total. The summed E-state index contributed by atoms with van der Waals surface area (Å²) in [6, 6.07) is 18.4. The zero-order valence-corrected chi connectivity index (χ0v) is 13.2. The van der Waals surface area contributed by atoms with Gasteiger partial charge in [-0.15, -0.1) is 0 Å². The second-order valence-corrected chi connectivity index (χ2v) is 6.51. The number of carbonyl (C=O) groups excluding carboxylic acids is 1. The van der Waals surface area contributed by atoms with E-state index in [-0.39, 0.29) is 12.1 Å². The van der Waals surface area contributed by atoms with Crippen LogP contribution in [0.1, 0.15) is 23.0 Å². The molecule has 0 bridgehead atoms. The Hall–Kier alpha value is -2.59. The fourth-order valence-corrected chi connectivity index (χ4v) is 3.94. The standard InChI is InChI=1S/C20H18N2O2/c23-19-17(12-13-6-2-1-3-7-13)24-20-18-15(10-11-22(19)20)14-8-4-5-9-16(14)21-18/h1-9,17,20-21H,10-12H2/t17-,20-/m0/s1. The van der Waals surface area contributed by atoms with Crippen LogP contribution in [-0.4, -0.2) is 28.4 Å². The Morgan fingerprint density at radius 1 is 1.08 bits per heavy atom. The van der Waals surface area contributed by atoms with Crippen molar-refractivity contribution in [1.82, 2.24) is 9.88 Å². The number of rotatable bonds is 2. The maximum absolute atomic E-state index is 12.8. The molecule has 1 saturated heterocycles. The zero-order valence-electron chi connectivity index (χ0n) is 13.2. The molecule has 3 aromatic rings. The van der Waals surface area contributed by atoms with Gasteiger partial charge in [0.15, 0.2) is 6.23 Å². The molecule has 2 aromatic carbocycles. The van der Waals surface area contributed by atoms with E-state index in [4.69, 9.17) is 4.74 Å². The molecule has 2 aliphatic heterocycles. The van der Waals surface area contributed by atoms with E-state index in [0.29, 0.717) is 6.42 Å². The smallest absolute Gasteiger partial charge is 0.254 e. The van der Waals surface area contributed by atoms with Crippen LogP contribution in [0.15, 0.2) is 54.6 Å². The van der Waals surface area contributed by atoms with Crippen LogP contribution in [0.3, 0.4) is 0 Å². The predicted octanol–water partition coefficient (Wildman–Crippen LogP) is 3.19. The molecule has 2 atom stereocenters. The summed E-state index contributed by atoms with van der Waals surface area (Å²) >= 11 is 0. The maximum Gasteiger partial charge on any atom is 0.254 e. The van der Waals surface area contributed by atoms with Gasteiger partial charge in [-0.2, -0.15) is 0 Å². The van der Waals surface area contributed by atoms with E-state index >= 15 is 0 Å². The van der Waals surface area contributed by atoms with Crippen molar-refractivity contribution < 1.29 is 9.53 Å². The maximum atomic E-state index is 12.8. The number of benzene rings is 2. The molecule has 0 radical (unpaired) electrons. The summed E-state index contributed by atoms with van der Waals surface area (Å²) in [5, 5.41) is 1.25. The first-order valence-electron chi connectivity index (χ1n) is 8.40. The van der Waals surface area contributed by atoms with Gasteiger partial charge in [0.25, 0.3) is 5.91 Å². The quantitative estimate of drug-likeness (QED) is 0.789. The molecule has 0 unspecified atom stereocenters. The highest BCUT2D eigenvalue weighted by Gasteiger charge is 2.44. The Morgan fingerprint density at radius 2 is 1.88 bits per heavy atom. The second kappa shape index (κ2) is 5.21. The van der Waals surface area contributed by atoms with Crippen molar-refractivity contribution in [1.29, 1.82) is 0 Å². The Kier molecular flexibility index (Phi) is 3.00. The molecule has 5 rings (SSSR count). The lowest BCUT2D eigenvalue weighted by atomic mass is 10.0. The Bertz CT molecular complexity index is 916. The molecule has 2 aliphatic rings. The van der Waals surface area contributed by atoms with Gasteiger partial charge in [-0.1, -0.05) is 48.5 Å². The average molecular weight is 318 g/mol. The van der Waals surface area contributed by atoms with Crippen molar-refractivity contribution >= 4 is 16.8 Å². The Balaban J connectivity index is 1.49. The van der Waals surface area contributed by atoms with Gasteiger partial charge >= 0.3 is 0 Å². The first-order valence-corrected chi connectivity index (χ1v) is 8.40. The number of H-pyrrole nitrogens is 1. The summed E-state index contributed by atoms with van der Waals surface area (Å²) in [7, 11) is 0. The number of fused-ring (bicyclic) bond motifs is 5. The van der Waals surface area contributed by atoms with Gasteiger partial charge in [0.2, 0.25) is 0 Å². The van der Waals surface area contributed by atoms with Gasteiger partial charge in [0.1, 0.15) is 6.10 Å². The highest BCUT2D eigenvalue weighted by molar-refractivity contribution is 5.88. The van der Waals surface area contributed by atoms with Crippen LogP contribution < -0.4 is 0 Å². The predicted molar refractivity (Wildman–Crippen MR) is 91.5 cm³/mol. The number of carbonyl (C=O) groups is 1. The summed E-state index contributed by atoms with van der Waals surface area (Å²) < 4.78 is 6.18. The van der Waals surface area contributed by atoms with Gasteiger partial charge in [-0.3, -0.25) is 4.79 Å². The molecule has 0 spiro atoms. The van der Waals surface area contributed by atoms with Crippen LogP contribution in [0.2, 0.25) is 0 Å². The summed E-state index contributed by atoms with van der Waals surface area (Å²) in [5.74, 6) is 0.105. The summed E-state index contributed by atoms with van der Waals surface area (Å²) in [6.45, 7) is 0.726. The summed E-state index contributed by atoms with van der Waals surface area (Å²) in [6.07, 6.45) is 0.836. The Labute approximate surface area is 140 Å². The van der Waals surface area contributed by atoms with Crippen LogP contribution in [0.5, 0.6) is 0 Å². The monoisotopic (exact) mass is 318 g/mol. The van der Waals surface area contributed by atoms with Crippen molar-refractivity contribution in [2.45, 2.75) is 25.2 Å². The van der Waals surface area contributed by atoms with Crippen molar-refractivity contribution in [2.24, 2.45) is 0 Å². The lowest BCUT2D eigenvalue weighted by Gasteiger charge is -2.28. The zero-order chi connectivity index (χ0) is 16.1. The summed E-state index contributed by atoms with van der Waals surface area (Å²) in [5.41, 5.74) is 4.59. The lowest BCUT2D eigenvalue weighted by Crippen LogP contribution is -2.36. The number of aromatic amines is 1. The van der Waals surface area contributed by atoms with E-state index in [2.05, 4.69) is 23.2 Å². The molecular formula is C20H18N2O2. The van der Waals surface area contributed by atoms with E-state index in [9.17, 15) is 4.79 Å². The number of hydrogen-bond donors (Lipinski definition) is 1. The van der Waals surface area contributed by atoms with Gasteiger partial charge in [0.05, 0.1) is 5.69 Å². The van der Waals surface area contributed by atoms with E-state index < -0.39 is 6.10 Å². The minimum Gasteiger partial charge on any atom is -0.354 e. The third-order valence-corrected chi connectivity index (χ3v) is 5.09.